The molecule has 0 radical (unpaired) electrons. The summed E-state index contributed by atoms with van der Waals surface area (Å²) in [6.45, 7) is 5.46. The molecule has 5 nitrogen and oxygen atoms in total. The molecule has 2 saturated heterocycles. The smallest absolute Gasteiger partial charge is 0.255 e. The van der Waals surface area contributed by atoms with Crippen LogP contribution in [-0.4, -0.2) is 54.6 Å². The summed E-state index contributed by atoms with van der Waals surface area (Å²) in [6.07, 6.45) is 10.1. The Balaban J connectivity index is 1.27. The lowest BCUT2D eigenvalue weighted by atomic mass is 10.0. The van der Waals surface area contributed by atoms with Crippen molar-refractivity contribution in [1.29, 1.82) is 0 Å². The molecule has 30 heavy (non-hydrogen) atoms. The summed E-state index contributed by atoms with van der Waals surface area (Å²) in [6, 6.07) is 10.4. The molecule has 160 valence electrons. The number of carbonyl (C=O) groups is 1. The van der Waals surface area contributed by atoms with Crippen LogP contribution in [-0.2, 0) is 0 Å². The second-order valence-electron chi connectivity index (χ2n) is 9.45. The van der Waals surface area contributed by atoms with Crippen molar-refractivity contribution in [3.8, 4) is 0 Å². The number of hydrogen-bond donors (Lipinski definition) is 1. The highest BCUT2D eigenvalue weighted by Gasteiger charge is 2.27. The van der Waals surface area contributed by atoms with Gasteiger partial charge in [0, 0.05) is 44.2 Å². The van der Waals surface area contributed by atoms with Crippen molar-refractivity contribution in [2.45, 2.75) is 57.4 Å². The van der Waals surface area contributed by atoms with Crippen molar-refractivity contribution in [2.75, 3.05) is 37.6 Å². The number of carbonyl (C=O) groups excluding carboxylic acids is 1. The second kappa shape index (κ2) is 8.93. The molecule has 0 spiro atoms. The summed E-state index contributed by atoms with van der Waals surface area (Å²) >= 11 is 0. The molecule has 1 aromatic carbocycles. The molecule has 3 heterocycles. The summed E-state index contributed by atoms with van der Waals surface area (Å²) < 4.78 is 0. The van der Waals surface area contributed by atoms with E-state index in [4.69, 9.17) is 4.98 Å². The van der Waals surface area contributed by atoms with Gasteiger partial charge in [-0.3, -0.25) is 4.79 Å². The molecule has 1 aromatic heterocycles. The van der Waals surface area contributed by atoms with E-state index < -0.39 is 0 Å². The Morgan fingerprint density at radius 2 is 1.70 bits per heavy atom. The first-order valence-corrected chi connectivity index (χ1v) is 11.9. The SMILES string of the molecule is O=C(NC1CCN(CC2CCCC2)CC1)c1cc2ccccc2nc1N1CCCC1. The fourth-order valence-corrected chi connectivity index (χ4v) is 5.52. The first-order valence-electron chi connectivity index (χ1n) is 11.9. The van der Waals surface area contributed by atoms with Gasteiger partial charge in [0.2, 0.25) is 0 Å². The van der Waals surface area contributed by atoms with Crippen LogP contribution in [0.3, 0.4) is 0 Å². The Morgan fingerprint density at radius 1 is 0.967 bits per heavy atom. The molecule has 5 rings (SSSR count). The second-order valence-corrected chi connectivity index (χ2v) is 9.45. The van der Waals surface area contributed by atoms with Crippen molar-refractivity contribution in [3.05, 3.63) is 35.9 Å². The maximum absolute atomic E-state index is 13.3. The Hall–Kier alpha value is -2.14. The minimum Gasteiger partial charge on any atom is -0.356 e. The van der Waals surface area contributed by atoms with E-state index >= 15 is 0 Å². The van der Waals surface area contributed by atoms with Gasteiger partial charge in [0.25, 0.3) is 5.91 Å². The van der Waals surface area contributed by atoms with E-state index in [2.05, 4.69) is 15.1 Å². The van der Waals surface area contributed by atoms with Gasteiger partial charge < -0.3 is 15.1 Å². The monoisotopic (exact) mass is 406 g/mol. The van der Waals surface area contributed by atoms with Crippen LogP contribution < -0.4 is 10.2 Å². The molecule has 0 unspecified atom stereocenters. The zero-order valence-corrected chi connectivity index (χ0v) is 18.0. The quantitative estimate of drug-likeness (QED) is 0.808. The number of likely N-dealkylation sites (tertiary alicyclic amines) is 1. The van der Waals surface area contributed by atoms with Crippen LogP contribution in [0.4, 0.5) is 5.82 Å². The number of hydrogen-bond acceptors (Lipinski definition) is 4. The van der Waals surface area contributed by atoms with Crippen molar-refractivity contribution in [2.24, 2.45) is 5.92 Å². The Morgan fingerprint density at radius 3 is 2.47 bits per heavy atom. The lowest BCUT2D eigenvalue weighted by Gasteiger charge is -2.34. The number of para-hydroxylation sites is 1. The van der Waals surface area contributed by atoms with Crippen LogP contribution >= 0.6 is 0 Å². The number of fused-ring (bicyclic) bond motifs is 1. The van der Waals surface area contributed by atoms with E-state index in [1.807, 2.05) is 30.3 Å². The lowest BCUT2D eigenvalue weighted by Crippen LogP contribution is -2.45. The highest BCUT2D eigenvalue weighted by molar-refractivity contribution is 6.02. The van der Waals surface area contributed by atoms with Crippen molar-refractivity contribution in [1.82, 2.24) is 15.2 Å². The molecule has 3 aliphatic rings. The fourth-order valence-electron chi connectivity index (χ4n) is 5.52. The molecule has 1 aliphatic carbocycles. The molecule has 1 N–H and O–H groups in total. The summed E-state index contributed by atoms with van der Waals surface area (Å²) in [5.74, 6) is 1.81. The predicted molar refractivity (Wildman–Crippen MR) is 122 cm³/mol. The van der Waals surface area contributed by atoms with E-state index in [9.17, 15) is 4.79 Å². The van der Waals surface area contributed by atoms with E-state index in [1.165, 1.54) is 45.1 Å². The topological polar surface area (TPSA) is 48.5 Å². The first-order chi connectivity index (χ1) is 14.8. The average Bonchev–Trinajstić information content (AvgIpc) is 3.48. The Bertz CT molecular complexity index is 878. The maximum Gasteiger partial charge on any atom is 0.255 e. The molecule has 3 fully saturated rings. The van der Waals surface area contributed by atoms with Crippen LogP contribution in [0, 0.1) is 5.92 Å². The number of amides is 1. The average molecular weight is 407 g/mol. The largest absolute Gasteiger partial charge is 0.356 e. The third-order valence-electron chi connectivity index (χ3n) is 7.27. The third kappa shape index (κ3) is 4.31. The third-order valence-corrected chi connectivity index (χ3v) is 7.27. The highest BCUT2D eigenvalue weighted by Crippen LogP contribution is 2.28. The molecule has 0 bridgehead atoms. The van der Waals surface area contributed by atoms with Crippen LogP contribution in [0.25, 0.3) is 10.9 Å². The van der Waals surface area contributed by atoms with E-state index in [-0.39, 0.29) is 11.9 Å². The van der Waals surface area contributed by atoms with Gasteiger partial charge in [-0.15, -0.1) is 0 Å². The van der Waals surface area contributed by atoms with Gasteiger partial charge in [-0.25, -0.2) is 4.98 Å². The van der Waals surface area contributed by atoms with Crippen molar-refractivity contribution in [3.63, 3.8) is 0 Å². The number of rotatable bonds is 5. The van der Waals surface area contributed by atoms with Gasteiger partial charge in [-0.1, -0.05) is 31.0 Å². The first kappa shape index (κ1) is 19.8. The standard InChI is InChI=1S/C25H34N4O/c30-25(26-21-11-15-28(16-12-21)18-19-7-1-2-8-19)22-17-20-9-3-4-10-23(20)27-24(22)29-13-5-6-14-29/h3-4,9-10,17,19,21H,1-2,5-8,11-16,18H2,(H,26,30). The van der Waals surface area contributed by atoms with Gasteiger partial charge in [-0.2, -0.15) is 0 Å². The number of piperidine rings is 1. The van der Waals surface area contributed by atoms with Crippen molar-refractivity contribution >= 4 is 22.6 Å². The van der Waals surface area contributed by atoms with E-state index in [1.54, 1.807) is 0 Å². The van der Waals surface area contributed by atoms with Crippen LogP contribution in [0.2, 0.25) is 0 Å². The molecule has 2 aromatic rings. The van der Waals surface area contributed by atoms with Crippen LogP contribution in [0.5, 0.6) is 0 Å². The number of nitrogens with one attached hydrogen (secondary N) is 1. The van der Waals surface area contributed by atoms with Gasteiger partial charge in [0.1, 0.15) is 5.82 Å². The van der Waals surface area contributed by atoms with Gasteiger partial charge >= 0.3 is 0 Å². The van der Waals surface area contributed by atoms with Crippen molar-refractivity contribution < 1.29 is 4.79 Å². The summed E-state index contributed by atoms with van der Waals surface area (Å²) in [7, 11) is 0. The molecule has 1 amide bonds. The molecular formula is C25H34N4O. The van der Waals surface area contributed by atoms with Crippen LogP contribution in [0.15, 0.2) is 30.3 Å². The molecular weight excluding hydrogens is 372 g/mol. The minimum absolute atomic E-state index is 0.0457. The number of aromatic nitrogens is 1. The summed E-state index contributed by atoms with van der Waals surface area (Å²) in [5.41, 5.74) is 1.71. The number of nitrogens with zero attached hydrogens (tertiary/aromatic N) is 3. The number of benzene rings is 1. The van der Waals surface area contributed by atoms with E-state index in [0.717, 1.165) is 67.2 Å². The number of anilines is 1. The zero-order chi connectivity index (χ0) is 20.3. The summed E-state index contributed by atoms with van der Waals surface area (Å²) in [5, 5.41) is 4.38. The van der Waals surface area contributed by atoms with Gasteiger partial charge in [0.15, 0.2) is 0 Å². The highest BCUT2D eigenvalue weighted by atomic mass is 16.1. The zero-order valence-electron chi connectivity index (χ0n) is 18.0. The van der Waals surface area contributed by atoms with Gasteiger partial charge in [0.05, 0.1) is 11.1 Å². The molecule has 5 heteroatoms. The molecule has 2 aliphatic heterocycles. The summed E-state index contributed by atoms with van der Waals surface area (Å²) in [4.78, 5) is 23.1. The van der Waals surface area contributed by atoms with Crippen LogP contribution in [0.1, 0.15) is 61.7 Å². The number of pyridine rings is 1. The minimum atomic E-state index is 0.0457. The molecule has 0 atom stereocenters. The predicted octanol–water partition coefficient (Wildman–Crippen LogP) is 4.22. The normalized spacial score (nSPS) is 21.5. The Labute approximate surface area is 179 Å². The lowest BCUT2D eigenvalue weighted by molar-refractivity contribution is 0.0906. The maximum atomic E-state index is 13.3. The fraction of sp³-hybridized carbons (Fsp3) is 0.600. The van der Waals surface area contributed by atoms with Gasteiger partial charge in [-0.05, 0) is 56.6 Å². The van der Waals surface area contributed by atoms with E-state index in [0.29, 0.717) is 0 Å². The molecule has 1 saturated carbocycles. The Kier molecular flexibility index (Phi) is 5.89.